The first-order chi connectivity index (χ1) is 9.08. The van der Waals surface area contributed by atoms with Crippen molar-refractivity contribution in [3.05, 3.63) is 49.4 Å². The van der Waals surface area contributed by atoms with Gasteiger partial charge in [0.05, 0.1) is 9.93 Å². The third kappa shape index (κ3) is 3.42. The normalized spacial score (nSPS) is 10.4. The fourth-order valence-corrected chi connectivity index (χ4v) is 2.53. The Morgan fingerprint density at radius 3 is 2.95 bits per heavy atom. The van der Waals surface area contributed by atoms with Gasteiger partial charge in [-0.15, -0.1) is 11.3 Å². The van der Waals surface area contributed by atoms with Gasteiger partial charge in [0.1, 0.15) is 5.02 Å². The zero-order valence-corrected chi connectivity index (χ0v) is 11.8. The Morgan fingerprint density at radius 1 is 1.53 bits per heavy atom. The molecule has 0 amide bonds. The van der Waals surface area contributed by atoms with Crippen LogP contribution in [0.2, 0.25) is 5.02 Å². The van der Waals surface area contributed by atoms with Gasteiger partial charge in [0.25, 0.3) is 5.69 Å². The lowest BCUT2D eigenvalue weighted by Gasteiger charge is -2.09. The topological polar surface area (TPSA) is 68.1 Å². The van der Waals surface area contributed by atoms with Gasteiger partial charge in [-0.25, -0.2) is 4.98 Å². The van der Waals surface area contributed by atoms with E-state index in [1.54, 1.807) is 23.6 Å². The summed E-state index contributed by atoms with van der Waals surface area (Å²) in [6.45, 7) is 2.53. The van der Waals surface area contributed by atoms with Gasteiger partial charge in [0.15, 0.2) is 0 Å². The average Bonchev–Trinajstić information content (AvgIpc) is 2.85. The van der Waals surface area contributed by atoms with Gasteiger partial charge in [0.2, 0.25) is 0 Å². The van der Waals surface area contributed by atoms with Crippen molar-refractivity contribution < 1.29 is 4.92 Å². The molecule has 1 aromatic heterocycles. The second kappa shape index (κ2) is 5.99. The molecule has 5 nitrogen and oxygen atoms in total. The zero-order valence-electron chi connectivity index (χ0n) is 10.2. The van der Waals surface area contributed by atoms with E-state index in [-0.39, 0.29) is 10.7 Å². The number of nitro benzene ring substituents is 1. The van der Waals surface area contributed by atoms with Crippen molar-refractivity contribution in [2.75, 3.05) is 11.9 Å². The molecule has 0 spiro atoms. The molecule has 100 valence electrons. The summed E-state index contributed by atoms with van der Waals surface area (Å²) in [5.41, 5.74) is 1.55. The summed E-state index contributed by atoms with van der Waals surface area (Å²) >= 11 is 7.49. The summed E-state index contributed by atoms with van der Waals surface area (Å²) in [4.78, 5) is 14.5. The monoisotopic (exact) mass is 297 g/mol. The second-order valence-corrected chi connectivity index (χ2v) is 5.36. The largest absolute Gasteiger partial charge is 0.384 e. The van der Waals surface area contributed by atoms with Crippen LogP contribution in [0.25, 0.3) is 0 Å². The van der Waals surface area contributed by atoms with Crippen molar-refractivity contribution in [2.24, 2.45) is 0 Å². The van der Waals surface area contributed by atoms with Crippen LogP contribution in [-0.2, 0) is 6.42 Å². The van der Waals surface area contributed by atoms with Gasteiger partial charge in [-0.2, -0.15) is 0 Å². The zero-order chi connectivity index (χ0) is 13.8. The Hall–Kier alpha value is -1.66. The molecule has 0 saturated heterocycles. The first-order valence-electron chi connectivity index (χ1n) is 5.64. The highest BCUT2D eigenvalue weighted by Gasteiger charge is 2.14. The number of benzene rings is 1. The van der Waals surface area contributed by atoms with Crippen molar-refractivity contribution in [1.29, 1.82) is 0 Å². The maximum absolute atomic E-state index is 10.7. The van der Waals surface area contributed by atoms with Crippen LogP contribution in [-0.4, -0.2) is 16.5 Å². The quantitative estimate of drug-likeness (QED) is 0.675. The van der Waals surface area contributed by atoms with E-state index >= 15 is 0 Å². The van der Waals surface area contributed by atoms with Crippen molar-refractivity contribution >= 4 is 34.3 Å². The van der Waals surface area contributed by atoms with Crippen molar-refractivity contribution in [2.45, 2.75) is 13.3 Å². The van der Waals surface area contributed by atoms with E-state index in [1.807, 2.05) is 12.3 Å². The second-order valence-electron chi connectivity index (χ2n) is 3.98. The fourth-order valence-electron chi connectivity index (χ4n) is 1.68. The molecular formula is C12H12ClN3O2S. The van der Waals surface area contributed by atoms with E-state index in [1.165, 1.54) is 6.07 Å². The predicted octanol–water partition coefficient (Wildman–Crippen LogP) is 3.67. The third-order valence-corrected chi connectivity index (χ3v) is 3.77. The molecule has 0 saturated carbocycles. The van der Waals surface area contributed by atoms with Crippen LogP contribution in [0, 0.1) is 17.0 Å². The maximum atomic E-state index is 10.7. The Balaban J connectivity index is 2.04. The highest BCUT2D eigenvalue weighted by Crippen LogP contribution is 2.30. The van der Waals surface area contributed by atoms with Crippen molar-refractivity contribution in [3.63, 3.8) is 0 Å². The molecule has 1 aromatic carbocycles. The minimum Gasteiger partial charge on any atom is -0.384 e. The lowest BCUT2D eigenvalue weighted by molar-refractivity contribution is -0.384. The molecule has 0 aliphatic carbocycles. The van der Waals surface area contributed by atoms with E-state index < -0.39 is 4.92 Å². The number of nitro groups is 1. The van der Waals surface area contributed by atoms with Gasteiger partial charge < -0.3 is 5.32 Å². The first kappa shape index (κ1) is 13.8. The Kier molecular flexibility index (Phi) is 4.34. The van der Waals surface area contributed by atoms with Crippen molar-refractivity contribution in [1.82, 2.24) is 4.98 Å². The minimum absolute atomic E-state index is 0.0651. The SMILES string of the molecule is Cc1cc([N+](=O)[O-])c(Cl)cc1NCCc1nccs1. The summed E-state index contributed by atoms with van der Waals surface area (Å²) in [5.74, 6) is 0. The number of halogens is 1. The number of aromatic nitrogens is 1. The average molecular weight is 298 g/mol. The summed E-state index contributed by atoms with van der Waals surface area (Å²) < 4.78 is 0. The molecule has 0 fully saturated rings. The van der Waals surface area contributed by atoms with Crippen LogP contribution in [0.5, 0.6) is 0 Å². The molecule has 0 atom stereocenters. The van der Waals surface area contributed by atoms with E-state index in [2.05, 4.69) is 10.3 Å². The van der Waals surface area contributed by atoms with Crippen LogP contribution in [0.1, 0.15) is 10.6 Å². The van der Waals surface area contributed by atoms with Gasteiger partial charge in [-0.3, -0.25) is 10.1 Å². The standard InChI is InChI=1S/C12H12ClN3O2S/c1-8-6-11(16(17)18)9(13)7-10(8)14-3-2-12-15-4-5-19-12/h4-7,14H,2-3H2,1H3. The van der Waals surface area contributed by atoms with Gasteiger partial charge in [0, 0.05) is 36.3 Å². The summed E-state index contributed by atoms with van der Waals surface area (Å²) in [6, 6.07) is 3.07. The Labute approximate surface area is 119 Å². The number of rotatable bonds is 5. The molecule has 0 radical (unpaired) electrons. The molecule has 0 aliphatic rings. The minimum atomic E-state index is -0.477. The van der Waals surface area contributed by atoms with Gasteiger partial charge in [-0.05, 0) is 18.6 Å². The Bertz CT molecular complexity index is 587. The smallest absolute Gasteiger partial charge is 0.288 e. The van der Waals surface area contributed by atoms with E-state index in [9.17, 15) is 10.1 Å². The fraction of sp³-hybridized carbons (Fsp3) is 0.250. The summed E-state index contributed by atoms with van der Waals surface area (Å²) in [7, 11) is 0. The molecule has 0 unspecified atom stereocenters. The highest BCUT2D eigenvalue weighted by molar-refractivity contribution is 7.09. The molecule has 1 heterocycles. The number of hydrogen-bond donors (Lipinski definition) is 1. The van der Waals surface area contributed by atoms with Crippen LogP contribution in [0.4, 0.5) is 11.4 Å². The molecular weight excluding hydrogens is 286 g/mol. The lowest BCUT2D eigenvalue weighted by Crippen LogP contribution is -2.06. The van der Waals surface area contributed by atoms with E-state index in [0.29, 0.717) is 6.54 Å². The van der Waals surface area contributed by atoms with E-state index in [4.69, 9.17) is 11.6 Å². The Morgan fingerprint density at radius 2 is 2.32 bits per heavy atom. The first-order valence-corrected chi connectivity index (χ1v) is 6.90. The number of aryl methyl sites for hydroxylation is 1. The molecule has 0 bridgehead atoms. The molecule has 7 heteroatoms. The molecule has 1 N–H and O–H groups in total. The van der Waals surface area contributed by atoms with Crippen LogP contribution in [0.15, 0.2) is 23.7 Å². The van der Waals surface area contributed by atoms with Crippen molar-refractivity contribution in [3.8, 4) is 0 Å². The molecule has 2 rings (SSSR count). The predicted molar refractivity (Wildman–Crippen MR) is 77.2 cm³/mol. The van der Waals surface area contributed by atoms with Gasteiger partial charge in [-0.1, -0.05) is 11.6 Å². The lowest BCUT2D eigenvalue weighted by atomic mass is 10.1. The highest BCUT2D eigenvalue weighted by atomic mass is 35.5. The summed E-state index contributed by atoms with van der Waals surface area (Å²) in [5, 5.41) is 17.1. The third-order valence-electron chi connectivity index (χ3n) is 2.63. The maximum Gasteiger partial charge on any atom is 0.288 e. The number of nitrogens with zero attached hydrogens (tertiary/aromatic N) is 2. The number of nitrogens with one attached hydrogen (secondary N) is 1. The van der Waals surface area contributed by atoms with Crippen LogP contribution < -0.4 is 5.32 Å². The molecule has 19 heavy (non-hydrogen) atoms. The van der Waals surface area contributed by atoms with Crippen LogP contribution in [0.3, 0.4) is 0 Å². The van der Waals surface area contributed by atoms with Crippen LogP contribution >= 0.6 is 22.9 Å². The number of hydrogen-bond acceptors (Lipinski definition) is 5. The van der Waals surface area contributed by atoms with Gasteiger partial charge >= 0.3 is 0 Å². The number of thiazole rings is 1. The number of anilines is 1. The van der Waals surface area contributed by atoms with E-state index in [0.717, 1.165) is 22.7 Å². The molecule has 2 aromatic rings. The molecule has 0 aliphatic heterocycles. The summed E-state index contributed by atoms with van der Waals surface area (Å²) in [6.07, 6.45) is 2.58.